The lowest BCUT2D eigenvalue weighted by Crippen LogP contribution is -2.35. The lowest BCUT2D eigenvalue weighted by molar-refractivity contribution is 0.0925. The first kappa shape index (κ1) is 17.0. The number of amides is 1. The van der Waals surface area contributed by atoms with E-state index in [9.17, 15) is 13.6 Å². The second-order valence-electron chi connectivity index (χ2n) is 5.85. The Labute approximate surface area is 153 Å². The molecule has 3 aromatic rings. The zero-order valence-electron chi connectivity index (χ0n) is 14.3. The SMILES string of the molecule is COc1c(F)cccc1Nc1c(-c2ccncc2F)nn2c1C(=O)NCC2. The fourth-order valence-corrected chi connectivity index (χ4v) is 3.04. The van der Waals surface area contributed by atoms with Gasteiger partial charge in [-0.15, -0.1) is 0 Å². The van der Waals surface area contributed by atoms with Gasteiger partial charge in [-0.2, -0.15) is 5.10 Å². The van der Waals surface area contributed by atoms with Crippen molar-refractivity contribution < 1.29 is 18.3 Å². The van der Waals surface area contributed by atoms with E-state index in [-0.39, 0.29) is 34.3 Å². The third-order valence-electron chi connectivity index (χ3n) is 4.24. The quantitative estimate of drug-likeness (QED) is 0.737. The fraction of sp³-hybridized carbons (Fsp3) is 0.167. The van der Waals surface area contributed by atoms with Gasteiger partial charge in [0.1, 0.15) is 11.4 Å². The molecule has 1 aromatic carbocycles. The Kier molecular flexibility index (Phi) is 4.19. The minimum absolute atomic E-state index is 0.0187. The minimum Gasteiger partial charge on any atom is -0.492 e. The first-order valence-corrected chi connectivity index (χ1v) is 8.18. The molecule has 0 saturated carbocycles. The summed E-state index contributed by atoms with van der Waals surface area (Å²) >= 11 is 0. The topological polar surface area (TPSA) is 81.1 Å². The van der Waals surface area contributed by atoms with Crippen molar-refractivity contribution in [2.75, 3.05) is 19.0 Å². The highest BCUT2D eigenvalue weighted by atomic mass is 19.1. The molecule has 7 nitrogen and oxygen atoms in total. The molecule has 1 aliphatic heterocycles. The Balaban J connectivity index is 1.91. The standard InChI is InChI=1S/C18H15F2N5O2/c1-27-17-11(19)3-2-4-13(17)23-15-14(10-5-6-21-9-12(10)20)24-25-8-7-22-18(26)16(15)25/h2-6,9,23H,7-8H2,1H3,(H,22,26). The number of nitrogens with one attached hydrogen (secondary N) is 2. The summed E-state index contributed by atoms with van der Waals surface area (Å²) in [7, 11) is 1.34. The van der Waals surface area contributed by atoms with Crippen LogP contribution in [0.15, 0.2) is 36.7 Å². The van der Waals surface area contributed by atoms with Gasteiger partial charge in [0.2, 0.25) is 0 Å². The van der Waals surface area contributed by atoms with Crippen molar-refractivity contribution in [1.82, 2.24) is 20.1 Å². The van der Waals surface area contributed by atoms with Crippen molar-refractivity contribution in [3.8, 4) is 17.0 Å². The van der Waals surface area contributed by atoms with E-state index in [2.05, 4.69) is 20.7 Å². The Bertz CT molecular complexity index is 1030. The van der Waals surface area contributed by atoms with Crippen LogP contribution in [0.2, 0.25) is 0 Å². The van der Waals surface area contributed by atoms with Gasteiger partial charge in [-0.25, -0.2) is 8.78 Å². The number of halogens is 2. The van der Waals surface area contributed by atoms with Crippen LogP contribution in [-0.4, -0.2) is 34.3 Å². The average molecular weight is 371 g/mol. The summed E-state index contributed by atoms with van der Waals surface area (Å²) < 4.78 is 35.0. The zero-order valence-corrected chi connectivity index (χ0v) is 14.3. The van der Waals surface area contributed by atoms with Crippen LogP contribution < -0.4 is 15.4 Å². The van der Waals surface area contributed by atoms with Crippen molar-refractivity contribution in [3.05, 3.63) is 54.0 Å². The monoisotopic (exact) mass is 371 g/mol. The number of para-hydroxylation sites is 1. The number of carbonyl (C=O) groups is 1. The van der Waals surface area contributed by atoms with E-state index < -0.39 is 11.6 Å². The van der Waals surface area contributed by atoms with Gasteiger partial charge in [-0.1, -0.05) is 6.07 Å². The zero-order chi connectivity index (χ0) is 19.0. The molecule has 2 aromatic heterocycles. The van der Waals surface area contributed by atoms with E-state index in [4.69, 9.17) is 4.74 Å². The van der Waals surface area contributed by atoms with Gasteiger partial charge < -0.3 is 15.4 Å². The maximum Gasteiger partial charge on any atom is 0.271 e. The van der Waals surface area contributed by atoms with E-state index in [1.165, 1.54) is 36.2 Å². The molecule has 0 saturated heterocycles. The largest absolute Gasteiger partial charge is 0.492 e. The summed E-state index contributed by atoms with van der Waals surface area (Å²) in [6.45, 7) is 0.844. The van der Waals surface area contributed by atoms with Gasteiger partial charge in [-0.3, -0.25) is 14.5 Å². The van der Waals surface area contributed by atoms with E-state index in [1.807, 2.05) is 0 Å². The van der Waals surface area contributed by atoms with Gasteiger partial charge >= 0.3 is 0 Å². The number of methoxy groups -OCH3 is 1. The molecule has 9 heteroatoms. The highest BCUT2D eigenvalue weighted by Gasteiger charge is 2.29. The molecule has 138 valence electrons. The van der Waals surface area contributed by atoms with Gasteiger partial charge in [0.05, 0.1) is 31.2 Å². The Hall–Kier alpha value is -3.49. The van der Waals surface area contributed by atoms with Crippen molar-refractivity contribution in [2.24, 2.45) is 0 Å². The summed E-state index contributed by atoms with van der Waals surface area (Å²) in [5.74, 6) is -1.52. The number of hydrogen-bond acceptors (Lipinski definition) is 5. The summed E-state index contributed by atoms with van der Waals surface area (Å²) in [4.78, 5) is 16.2. The van der Waals surface area contributed by atoms with Gasteiger partial charge in [0, 0.05) is 18.3 Å². The van der Waals surface area contributed by atoms with E-state index in [1.54, 1.807) is 6.07 Å². The highest BCUT2D eigenvalue weighted by Crippen LogP contribution is 2.38. The van der Waals surface area contributed by atoms with Crippen LogP contribution in [-0.2, 0) is 6.54 Å². The number of rotatable bonds is 4. The predicted octanol–water partition coefficient (Wildman–Crippen LogP) is 2.72. The Morgan fingerprint density at radius 1 is 1.26 bits per heavy atom. The maximum atomic E-state index is 14.3. The number of fused-ring (bicyclic) bond motifs is 1. The molecular weight excluding hydrogens is 356 g/mol. The summed E-state index contributed by atoms with van der Waals surface area (Å²) in [5, 5.41) is 10.1. The number of benzene rings is 1. The number of nitrogens with zero attached hydrogens (tertiary/aromatic N) is 3. The number of aromatic nitrogens is 3. The summed E-state index contributed by atoms with van der Waals surface area (Å²) in [6, 6.07) is 5.82. The first-order valence-electron chi connectivity index (χ1n) is 8.18. The molecule has 3 heterocycles. The molecule has 0 bridgehead atoms. The Morgan fingerprint density at radius 3 is 2.89 bits per heavy atom. The second kappa shape index (κ2) is 6.67. The molecule has 1 amide bonds. The van der Waals surface area contributed by atoms with Crippen molar-refractivity contribution in [2.45, 2.75) is 6.54 Å². The number of pyridine rings is 1. The van der Waals surface area contributed by atoms with Crippen LogP contribution >= 0.6 is 0 Å². The molecule has 0 aliphatic carbocycles. The number of ether oxygens (including phenoxy) is 1. The van der Waals surface area contributed by atoms with Gasteiger partial charge in [-0.05, 0) is 18.2 Å². The summed E-state index contributed by atoms with van der Waals surface area (Å²) in [5.41, 5.74) is 1.20. The van der Waals surface area contributed by atoms with Crippen LogP contribution in [0.5, 0.6) is 5.75 Å². The molecule has 0 radical (unpaired) electrons. The van der Waals surface area contributed by atoms with Gasteiger partial charge in [0.15, 0.2) is 17.4 Å². The van der Waals surface area contributed by atoms with E-state index in [0.29, 0.717) is 18.8 Å². The number of anilines is 2. The third-order valence-corrected chi connectivity index (χ3v) is 4.24. The molecule has 0 atom stereocenters. The van der Waals surface area contributed by atoms with E-state index >= 15 is 0 Å². The van der Waals surface area contributed by atoms with Crippen molar-refractivity contribution in [3.63, 3.8) is 0 Å². The lowest BCUT2D eigenvalue weighted by Gasteiger charge is -2.17. The smallest absolute Gasteiger partial charge is 0.271 e. The van der Waals surface area contributed by atoms with Crippen molar-refractivity contribution >= 4 is 17.3 Å². The van der Waals surface area contributed by atoms with Crippen molar-refractivity contribution in [1.29, 1.82) is 0 Å². The Morgan fingerprint density at radius 2 is 2.11 bits per heavy atom. The fourth-order valence-electron chi connectivity index (χ4n) is 3.04. The van der Waals surface area contributed by atoms with Gasteiger partial charge in [0.25, 0.3) is 5.91 Å². The lowest BCUT2D eigenvalue weighted by atomic mass is 10.1. The van der Waals surface area contributed by atoms with E-state index in [0.717, 1.165) is 6.20 Å². The molecule has 0 fully saturated rings. The minimum atomic E-state index is -0.581. The summed E-state index contributed by atoms with van der Waals surface area (Å²) in [6.07, 6.45) is 2.50. The normalized spacial score (nSPS) is 13.1. The average Bonchev–Trinajstić information content (AvgIpc) is 3.02. The highest BCUT2D eigenvalue weighted by molar-refractivity contribution is 6.03. The van der Waals surface area contributed by atoms with Crippen LogP contribution in [0.3, 0.4) is 0 Å². The van der Waals surface area contributed by atoms with Crippen LogP contribution in [0.25, 0.3) is 11.3 Å². The second-order valence-corrected chi connectivity index (χ2v) is 5.85. The molecule has 1 aliphatic rings. The molecule has 27 heavy (non-hydrogen) atoms. The van der Waals surface area contributed by atoms with Crippen LogP contribution in [0.4, 0.5) is 20.2 Å². The third kappa shape index (κ3) is 2.86. The molecule has 0 unspecified atom stereocenters. The maximum absolute atomic E-state index is 14.3. The number of hydrogen-bond donors (Lipinski definition) is 2. The van der Waals surface area contributed by atoms with Crippen LogP contribution in [0, 0.1) is 11.6 Å². The molecular formula is C18H15F2N5O2. The number of carbonyl (C=O) groups excluding carboxylic acids is 1. The van der Waals surface area contributed by atoms with Crippen LogP contribution in [0.1, 0.15) is 10.5 Å². The predicted molar refractivity (Wildman–Crippen MR) is 94.0 cm³/mol. The molecule has 4 rings (SSSR count). The first-order chi connectivity index (χ1) is 13.1. The molecule has 2 N–H and O–H groups in total. The molecule has 0 spiro atoms.